The molecule has 0 amide bonds. The molecule has 0 N–H and O–H groups in total. The highest BCUT2D eigenvalue weighted by Crippen LogP contribution is 2.22. The Morgan fingerprint density at radius 2 is 1.76 bits per heavy atom. The Hall–Kier alpha value is -0.910. The molecule has 1 unspecified atom stereocenters. The molecule has 118 valence electrons. The molecule has 0 radical (unpaired) electrons. The Morgan fingerprint density at radius 3 is 2.29 bits per heavy atom. The lowest BCUT2D eigenvalue weighted by atomic mass is 10.2. The van der Waals surface area contributed by atoms with Crippen LogP contribution in [-0.2, 0) is 10.0 Å². The Balaban J connectivity index is 2.15. The molecule has 1 heterocycles. The molecular weight excluding hydrogens is 284 g/mol. The van der Waals surface area contributed by atoms with Crippen molar-refractivity contribution in [3.63, 3.8) is 0 Å². The van der Waals surface area contributed by atoms with Gasteiger partial charge in [-0.25, -0.2) is 8.42 Å². The van der Waals surface area contributed by atoms with E-state index < -0.39 is 10.0 Å². The maximum absolute atomic E-state index is 12.8. The van der Waals surface area contributed by atoms with E-state index in [9.17, 15) is 8.42 Å². The average molecular weight is 310 g/mol. The van der Waals surface area contributed by atoms with Gasteiger partial charge in [0.25, 0.3) is 0 Å². The quantitative estimate of drug-likeness (QED) is 0.857. The van der Waals surface area contributed by atoms with Gasteiger partial charge in [-0.15, -0.1) is 0 Å². The van der Waals surface area contributed by atoms with Crippen molar-refractivity contribution in [2.24, 2.45) is 0 Å². The minimum absolute atomic E-state index is 0.449. The highest BCUT2D eigenvalue weighted by atomic mass is 32.2. The molecule has 1 aromatic carbocycles. The van der Waals surface area contributed by atoms with Gasteiger partial charge in [0.1, 0.15) is 0 Å². The molecule has 1 aromatic rings. The summed E-state index contributed by atoms with van der Waals surface area (Å²) in [5, 5.41) is 0. The SMILES string of the molecule is CCC(C)N1CCN(S(=O)(=O)c2ccc(C)cc2C)CC1. The normalized spacial score (nSPS) is 19.6. The molecule has 0 saturated carbocycles. The zero-order valence-corrected chi connectivity index (χ0v) is 14.3. The van der Waals surface area contributed by atoms with Gasteiger partial charge in [0.05, 0.1) is 4.90 Å². The minimum atomic E-state index is -3.36. The second-order valence-electron chi connectivity index (χ2n) is 5.97. The van der Waals surface area contributed by atoms with Crippen LogP contribution in [0.2, 0.25) is 0 Å². The topological polar surface area (TPSA) is 40.6 Å². The highest BCUT2D eigenvalue weighted by Gasteiger charge is 2.30. The maximum Gasteiger partial charge on any atom is 0.243 e. The molecular formula is C16H26N2O2S. The molecule has 4 nitrogen and oxygen atoms in total. The number of aryl methyl sites for hydroxylation is 2. The summed E-state index contributed by atoms with van der Waals surface area (Å²) in [6.07, 6.45) is 1.10. The summed E-state index contributed by atoms with van der Waals surface area (Å²) in [6.45, 7) is 11.0. The molecule has 1 saturated heterocycles. The zero-order valence-electron chi connectivity index (χ0n) is 13.5. The van der Waals surface area contributed by atoms with Crippen LogP contribution in [0.25, 0.3) is 0 Å². The van der Waals surface area contributed by atoms with E-state index in [2.05, 4.69) is 18.7 Å². The molecule has 0 aliphatic carbocycles. The Bertz CT molecular complexity index is 590. The number of sulfonamides is 1. The third kappa shape index (κ3) is 3.47. The Morgan fingerprint density at radius 1 is 1.14 bits per heavy atom. The van der Waals surface area contributed by atoms with Crippen molar-refractivity contribution in [1.29, 1.82) is 0 Å². The third-order valence-electron chi connectivity index (χ3n) is 4.44. The Kier molecular flexibility index (Phi) is 5.07. The lowest BCUT2D eigenvalue weighted by Crippen LogP contribution is -2.51. The highest BCUT2D eigenvalue weighted by molar-refractivity contribution is 7.89. The van der Waals surface area contributed by atoms with E-state index in [1.54, 1.807) is 10.4 Å². The standard InChI is InChI=1S/C16H26N2O2S/c1-5-15(4)17-8-10-18(11-9-17)21(19,20)16-7-6-13(2)12-14(16)3/h6-7,12,15H,5,8-11H2,1-4H3. The number of piperazine rings is 1. The van der Waals surface area contributed by atoms with Crippen LogP contribution in [0.3, 0.4) is 0 Å². The lowest BCUT2D eigenvalue weighted by Gasteiger charge is -2.37. The summed E-state index contributed by atoms with van der Waals surface area (Å²) < 4.78 is 27.2. The van der Waals surface area contributed by atoms with Gasteiger partial charge in [0.2, 0.25) is 10.0 Å². The summed E-state index contributed by atoms with van der Waals surface area (Å²) in [4.78, 5) is 2.82. The van der Waals surface area contributed by atoms with Gasteiger partial charge in [-0.3, -0.25) is 4.90 Å². The van der Waals surface area contributed by atoms with E-state index >= 15 is 0 Å². The molecule has 0 bridgehead atoms. The zero-order chi connectivity index (χ0) is 15.6. The van der Waals surface area contributed by atoms with E-state index in [1.807, 2.05) is 26.0 Å². The first-order chi connectivity index (χ1) is 9.86. The molecule has 1 fully saturated rings. The van der Waals surface area contributed by atoms with Crippen LogP contribution in [0.5, 0.6) is 0 Å². The van der Waals surface area contributed by atoms with Crippen LogP contribution in [0.1, 0.15) is 31.4 Å². The van der Waals surface area contributed by atoms with Crippen LogP contribution in [0.4, 0.5) is 0 Å². The summed E-state index contributed by atoms with van der Waals surface area (Å²) in [5.41, 5.74) is 1.92. The number of nitrogens with zero attached hydrogens (tertiary/aromatic N) is 2. The van der Waals surface area contributed by atoms with Gasteiger partial charge in [-0.2, -0.15) is 4.31 Å². The van der Waals surface area contributed by atoms with E-state index in [4.69, 9.17) is 0 Å². The second-order valence-corrected chi connectivity index (χ2v) is 7.87. The van der Waals surface area contributed by atoms with Gasteiger partial charge in [0.15, 0.2) is 0 Å². The predicted octanol–water partition coefficient (Wildman–Crippen LogP) is 2.41. The molecule has 1 aliphatic heterocycles. The first-order valence-corrected chi connectivity index (χ1v) is 9.11. The van der Waals surface area contributed by atoms with E-state index in [0.29, 0.717) is 24.0 Å². The summed E-state index contributed by atoms with van der Waals surface area (Å²) in [5.74, 6) is 0. The van der Waals surface area contributed by atoms with Crippen molar-refractivity contribution >= 4 is 10.0 Å². The fourth-order valence-corrected chi connectivity index (χ4v) is 4.50. The molecule has 21 heavy (non-hydrogen) atoms. The molecule has 1 atom stereocenters. The van der Waals surface area contributed by atoms with E-state index in [-0.39, 0.29) is 0 Å². The van der Waals surface area contributed by atoms with Crippen LogP contribution in [-0.4, -0.2) is 49.8 Å². The minimum Gasteiger partial charge on any atom is -0.298 e. The second kappa shape index (κ2) is 6.46. The number of hydrogen-bond donors (Lipinski definition) is 0. The van der Waals surface area contributed by atoms with Crippen molar-refractivity contribution in [3.8, 4) is 0 Å². The molecule has 5 heteroatoms. The first kappa shape index (κ1) is 16.5. The smallest absolute Gasteiger partial charge is 0.243 e. The van der Waals surface area contributed by atoms with Crippen molar-refractivity contribution in [2.75, 3.05) is 26.2 Å². The summed E-state index contributed by atoms with van der Waals surface area (Å²) in [6, 6.07) is 6.06. The lowest BCUT2D eigenvalue weighted by molar-refractivity contribution is 0.142. The van der Waals surface area contributed by atoms with Crippen LogP contribution < -0.4 is 0 Å². The fourth-order valence-electron chi connectivity index (χ4n) is 2.87. The fraction of sp³-hybridized carbons (Fsp3) is 0.625. The number of hydrogen-bond acceptors (Lipinski definition) is 3. The largest absolute Gasteiger partial charge is 0.298 e. The molecule has 1 aliphatic rings. The maximum atomic E-state index is 12.8. The van der Waals surface area contributed by atoms with Crippen molar-refractivity contribution in [3.05, 3.63) is 29.3 Å². The van der Waals surface area contributed by atoms with Crippen LogP contribution in [0, 0.1) is 13.8 Å². The van der Waals surface area contributed by atoms with Crippen LogP contribution in [0.15, 0.2) is 23.1 Å². The van der Waals surface area contributed by atoms with Gasteiger partial charge < -0.3 is 0 Å². The van der Waals surface area contributed by atoms with Crippen LogP contribution >= 0.6 is 0 Å². The van der Waals surface area contributed by atoms with Gasteiger partial charge in [0, 0.05) is 32.2 Å². The van der Waals surface area contributed by atoms with Crippen molar-refractivity contribution < 1.29 is 8.42 Å². The summed E-state index contributed by atoms with van der Waals surface area (Å²) in [7, 11) is -3.36. The first-order valence-electron chi connectivity index (χ1n) is 7.67. The van der Waals surface area contributed by atoms with Crippen molar-refractivity contribution in [1.82, 2.24) is 9.21 Å². The number of benzene rings is 1. The monoisotopic (exact) mass is 310 g/mol. The molecule has 2 rings (SSSR count). The van der Waals surface area contributed by atoms with E-state index in [0.717, 1.165) is 30.6 Å². The van der Waals surface area contributed by atoms with Gasteiger partial charge in [-0.05, 0) is 38.8 Å². The third-order valence-corrected chi connectivity index (χ3v) is 6.49. The molecule has 0 aromatic heterocycles. The number of rotatable bonds is 4. The average Bonchev–Trinajstić information content (AvgIpc) is 2.46. The van der Waals surface area contributed by atoms with Gasteiger partial charge in [-0.1, -0.05) is 24.6 Å². The predicted molar refractivity (Wildman–Crippen MR) is 86.0 cm³/mol. The van der Waals surface area contributed by atoms with Crippen molar-refractivity contribution in [2.45, 2.75) is 45.1 Å². The Labute approximate surface area is 128 Å². The van der Waals surface area contributed by atoms with Gasteiger partial charge >= 0.3 is 0 Å². The van der Waals surface area contributed by atoms with E-state index in [1.165, 1.54) is 0 Å². The summed E-state index contributed by atoms with van der Waals surface area (Å²) >= 11 is 0. The molecule has 0 spiro atoms.